The lowest BCUT2D eigenvalue weighted by Crippen LogP contribution is -1.95. The van der Waals surface area contributed by atoms with Crippen LogP contribution >= 0.6 is 0 Å². The first-order valence-electron chi connectivity index (χ1n) is 5.81. The summed E-state index contributed by atoms with van der Waals surface area (Å²) in [5, 5.41) is 18.5. The Hall–Kier alpha value is -2.54. The van der Waals surface area contributed by atoms with Gasteiger partial charge in [-0.05, 0) is 37.1 Å². The van der Waals surface area contributed by atoms with E-state index in [4.69, 9.17) is 10.00 Å². The first-order valence-corrected chi connectivity index (χ1v) is 5.81. The molecule has 0 saturated heterocycles. The number of aromatic hydroxyl groups is 1. The Balaban J connectivity index is 2.68. The maximum Gasteiger partial charge on any atom is 0.151 e. The van der Waals surface area contributed by atoms with Gasteiger partial charge < -0.3 is 9.84 Å². The fourth-order valence-electron chi connectivity index (χ4n) is 2.10. The Morgan fingerprint density at radius 1 is 1.26 bits per heavy atom. The average Bonchev–Trinajstić information content (AvgIpc) is 2.38. The monoisotopic (exact) mass is 254 g/mol. The van der Waals surface area contributed by atoms with E-state index < -0.39 is 0 Å². The molecule has 1 N–H and O–H groups in total. The predicted molar refractivity (Wildman–Crippen MR) is 72.1 cm³/mol. The molecule has 19 heavy (non-hydrogen) atoms. The summed E-state index contributed by atoms with van der Waals surface area (Å²) in [5.74, 6) is 0.613. The second-order valence-corrected chi connectivity index (χ2v) is 4.36. The van der Waals surface area contributed by atoms with E-state index in [9.17, 15) is 5.11 Å². The number of pyridine rings is 1. The molecule has 0 aliphatic rings. The standard InChI is InChI=1S/C15H14N2O2/c1-9-4-10(2)15(19-3)12(5-9)13-6-11(7-16)14(18)8-17-13/h4-6,8,18H,1-3H3. The van der Waals surface area contributed by atoms with Crippen LogP contribution in [0.2, 0.25) is 0 Å². The van der Waals surface area contributed by atoms with Crippen LogP contribution in [0.1, 0.15) is 16.7 Å². The lowest BCUT2D eigenvalue weighted by molar-refractivity contribution is 0.413. The number of rotatable bonds is 2. The zero-order chi connectivity index (χ0) is 14.0. The highest BCUT2D eigenvalue weighted by molar-refractivity contribution is 5.71. The minimum absolute atomic E-state index is 0.116. The van der Waals surface area contributed by atoms with E-state index in [-0.39, 0.29) is 11.3 Å². The third kappa shape index (κ3) is 2.36. The number of nitriles is 1. The molecule has 4 heteroatoms. The number of hydrogen-bond acceptors (Lipinski definition) is 4. The summed E-state index contributed by atoms with van der Waals surface area (Å²) in [6.07, 6.45) is 1.28. The zero-order valence-electron chi connectivity index (χ0n) is 11.1. The molecule has 0 aliphatic carbocycles. The molecule has 0 fully saturated rings. The molecule has 1 heterocycles. The minimum atomic E-state index is -0.116. The maximum atomic E-state index is 9.50. The Bertz CT molecular complexity index is 673. The van der Waals surface area contributed by atoms with E-state index in [0.717, 1.165) is 22.4 Å². The van der Waals surface area contributed by atoms with Gasteiger partial charge in [-0.1, -0.05) is 6.07 Å². The molecule has 0 saturated carbocycles. The molecular weight excluding hydrogens is 240 g/mol. The highest BCUT2D eigenvalue weighted by atomic mass is 16.5. The zero-order valence-corrected chi connectivity index (χ0v) is 11.1. The fourth-order valence-corrected chi connectivity index (χ4v) is 2.10. The molecule has 2 rings (SSSR count). The van der Waals surface area contributed by atoms with Gasteiger partial charge in [0.05, 0.1) is 24.6 Å². The molecule has 1 aromatic carbocycles. The highest BCUT2D eigenvalue weighted by Gasteiger charge is 2.13. The normalized spacial score (nSPS) is 10.0. The van der Waals surface area contributed by atoms with E-state index in [0.29, 0.717) is 5.69 Å². The second-order valence-electron chi connectivity index (χ2n) is 4.36. The lowest BCUT2D eigenvalue weighted by atomic mass is 10.0. The van der Waals surface area contributed by atoms with Gasteiger partial charge in [0.25, 0.3) is 0 Å². The molecule has 2 aromatic rings. The summed E-state index contributed by atoms with van der Waals surface area (Å²) in [7, 11) is 1.60. The van der Waals surface area contributed by atoms with Crippen LogP contribution in [0.25, 0.3) is 11.3 Å². The van der Waals surface area contributed by atoms with Gasteiger partial charge in [0, 0.05) is 5.56 Å². The Labute approximate surface area is 111 Å². The molecule has 0 spiro atoms. The lowest BCUT2D eigenvalue weighted by Gasteiger charge is -2.12. The van der Waals surface area contributed by atoms with Crippen molar-refractivity contribution >= 4 is 0 Å². The van der Waals surface area contributed by atoms with Crippen molar-refractivity contribution < 1.29 is 9.84 Å². The molecule has 0 radical (unpaired) electrons. The van der Waals surface area contributed by atoms with Crippen LogP contribution in [0.3, 0.4) is 0 Å². The van der Waals surface area contributed by atoms with Gasteiger partial charge in [-0.3, -0.25) is 4.98 Å². The number of hydrogen-bond donors (Lipinski definition) is 1. The van der Waals surface area contributed by atoms with Crippen LogP contribution in [0, 0.1) is 25.2 Å². The minimum Gasteiger partial charge on any atom is -0.505 e. The molecule has 96 valence electrons. The van der Waals surface area contributed by atoms with Gasteiger partial charge in [0.1, 0.15) is 11.8 Å². The van der Waals surface area contributed by atoms with Crippen LogP contribution in [0.5, 0.6) is 11.5 Å². The molecule has 1 aromatic heterocycles. The summed E-state index contributed by atoms with van der Waals surface area (Å²) < 4.78 is 5.40. The third-order valence-corrected chi connectivity index (χ3v) is 2.90. The predicted octanol–water partition coefficient (Wildman–Crippen LogP) is 2.95. The maximum absolute atomic E-state index is 9.50. The van der Waals surface area contributed by atoms with Crippen LogP contribution < -0.4 is 4.74 Å². The molecule has 0 atom stereocenters. The molecule has 0 unspecified atom stereocenters. The molecular formula is C15H14N2O2. The van der Waals surface area contributed by atoms with Crippen LogP contribution in [-0.4, -0.2) is 17.2 Å². The van der Waals surface area contributed by atoms with Crippen molar-refractivity contribution in [2.24, 2.45) is 0 Å². The topological polar surface area (TPSA) is 66.1 Å². The van der Waals surface area contributed by atoms with Crippen molar-refractivity contribution in [2.75, 3.05) is 7.11 Å². The number of nitrogens with zero attached hydrogens (tertiary/aromatic N) is 2. The number of aryl methyl sites for hydroxylation is 2. The number of methoxy groups -OCH3 is 1. The van der Waals surface area contributed by atoms with Gasteiger partial charge in [-0.15, -0.1) is 0 Å². The number of benzene rings is 1. The van der Waals surface area contributed by atoms with Crippen LogP contribution in [0.4, 0.5) is 0 Å². The van der Waals surface area contributed by atoms with E-state index in [1.54, 1.807) is 13.2 Å². The SMILES string of the molecule is COc1c(C)cc(C)cc1-c1cc(C#N)c(O)cn1. The second kappa shape index (κ2) is 4.99. The first-order chi connectivity index (χ1) is 9.06. The number of ether oxygens (including phenoxy) is 1. The highest BCUT2D eigenvalue weighted by Crippen LogP contribution is 2.34. The quantitative estimate of drug-likeness (QED) is 0.894. The molecule has 4 nitrogen and oxygen atoms in total. The van der Waals surface area contributed by atoms with Crippen LogP contribution in [-0.2, 0) is 0 Å². The fraction of sp³-hybridized carbons (Fsp3) is 0.200. The van der Waals surface area contributed by atoms with Gasteiger partial charge >= 0.3 is 0 Å². The smallest absolute Gasteiger partial charge is 0.151 e. The summed E-state index contributed by atoms with van der Waals surface area (Å²) in [6, 6.07) is 7.48. The molecule has 0 aliphatic heterocycles. The molecule has 0 amide bonds. The third-order valence-electron chi connectivity index (χ3n) is 2.90. The summed E-state index contributed by atoms with van der Waals surface area (Å²) in [4.78, 5) is 4.17. The summed E-state index contributed by atoms with van der Waals surface area (Å²) in [5.41, 5.74) is 3.72. The Morgan fingerprint density at radius 3 is 2.63 bits per heavy atom. The van der Waals surface area contributed by atoms with Crippen molar-refractivity contribution in [2.45, 2.75) is 13.8 Å². The van der Waals surface area contributed by atoms with Crippen molar-refractivity contribution in [1.29, 1.82) is 5.26 Å². The van der Waals surface area contributed by atoms with Gasteiger partial charge in [-0.25, -0.2) is 0 Å². The first kappa shape index (κ1) is 12.9. The molecule has 0 bridgehead atoms. The van der Waals surface area contributed by atoms with Crippen LogP contribution in [0.15, 0.2) is 24.4 Å². The van der Waals surface area contributed by atoms with E-state index in [1.807, 2.05) is 32.0 Å². The van der Waals surface area contributed by atoms with Crippen molar-refractivity contribution in [3.63, 3.8) is 0 Å². The van der Waals surface area contributed by atoms with E-state index in [2.05, 4.69) is 4.98 Å². The summed E-state index contributed by atoms with van der Waals surface area (Å²) in [6.45, 7) is 3.95. The average molecular weight is 254 g/mol. The van der Waals surface area contributed by atoms with Gasteiger partial charge in [-0.2, -0.15) is 5.26 Å². The van der Waals surface area contributed by atoms with Gasteiger partial charge in [0.2, 0.25) is 0 Å². The Kier molecular flexibility index (Phi) is 3.39. The largest absolute Gasteiger partial charge is 0.505 e. The van der Waals surface area contributed by atoms with Gasteiger partial charge in [0.15, 0.2) is 5.75 Å². The van der Waals surface area contributed by atoms with Crippen molar-refractivity contribution in [3.8, 4) is 28.8 Å². The van der Waals surface area contributed by atoms with E-state index >= 15 is 0 Å². The van der Waals surface area contributed by atoms with Crippen molar-refractivity contribution in [3.05, 3.63) is 41.1 Å². The number of aromatic nitrogens is 1. The Morgan fingerprint density at radius 2 is 2.00 bits per heavy atom. The summed E-state index contributed by atoms with van der Waals surface area (Å²) >= 11 is 0. The van der Waals surface area contributed by atoms with E-state index in [1.165, 1.54) is 6.20 Å². The van der Waals surface area contributed by atoms with Crippen molar-refractivity contribution in [1.82, 2.24) is 4.98 Å².